The van der Waals surface area contributed by atoms with Crippen LogP contribution in [0.4, 0.5) is 0 Å². The first kappa shape index (κ1) is 9.93. The molecule has 2 rings (SSSR count). The number of aliphatic hydroxyl groups is 1. The Kier molecular flexibility index (Phi) is 2.49. The molecule has 1 N–H and O–H groups in total. The van der Waals surface area contributed by atoms with Crippen LogP contribution < -0.4 is 0 Å². The molecule has 0 amide bonds. The summed E-state index contributed by atoms with van der Waals surface area (Å²) in [6, 6.07) is 0.632. The van der Waals surface area contributed by atoms with E-state index in [9.17, 15) is 9.90 Å². The van der Waals surface area contributed by atoms with Crippen molar-refractivity contribution in [1.29, 1.82) is 0 Å². The van der Waals surface area contributed by atoms with Gasteiger partial charge in [-0.1, -0.05) is 0 Å². The minimum Gasteiger partial charge on any atom is -0.469 e. The number of esters is 1. The van der Waals surface area contributed by atoms with Crippen LogP contribution >= 0.6 is 0 Å². The molecule has 4 heteroatoms. The fourth-order valence-corrected chi connectivity index (χ4v) is 2.89. The lowest BCUT2D eigenvalue weighted by Gasteiger charge is -2.39. The molecule has 0 aromatic rings. The molecule has 2 aliphatic heterocycles. The zero-order valence-electron chi connectivity index (χ0n) is 8.64. The summed E-state index contributed by atoms with van der Waals surface area (Å²) >= 11 is 0. The molecule has 0 radical (unpaired) electrons. The maximum atomic E-state index is 11.5. The van der Waals surface area contributed by atoms with Crippen molar-refractivity contribution in [3.63, 3.8) is 0 Å². The average Bonchev–Trinajstić information content (AvgIpc) is 2.42. The largest absolute Gasteiger partial charge is 0.469 e. The molecule has 0 spiro atoms. The van der Waals surface area contributed by atoms with Crippen molar-refractivity contribution in [3.05, 3.63) is 0 Å². The third-order valence-corrected chi connectivity index (χ3v) is 3.71. The average molecular weight is 199 g/mol. The summed E-state index contributed by atoms with van der Waals surface area (Å²) in [5.74, 6) is -0.613. The highest BCUT2D eigenvalue weighted by molar-refractivity contribution is 5.74. The monoisotopic (exact) mass is 199 g/mol. The van der Waals surface area contributed by atoms with Gasteiger partial charge in [-0.2, -0.15) is 0 Å². The van der Waals surface area contributed by atoms with E-state index in [-0.39, 0.29) is 17.9 Å². The fraction of sp³-hybridized carbons (Fsp3) is 0.900. The van der Waals surface area contributed by atoms with Crippen LogP contribution in [0.5, 0.6) is 0 Å². The molecule has 0 aromatic heterocycles. The smallest absolute Gasteiger partial charge is 0.312 e. The Labute approximate surface area is 83.8 Å². The standard InChI is InChI=1S/C10H17NO3/c1-11-6-3-4-7(11)9(8(12)5-6)10(13)14-2/h6-9,12H,3-5H2,1-2H3/t6-,7?,8?,9?/m0/s1. The Bertz CT molecular complexity index is 244. The van der Waals surface area contributed by atoms with Crippen molar-refractivity contribution in [2.45, 2.75) is 37.5 Å². The Morgan fingerprint density at radius 3 is 2.86 bits per heavy atom. The van der Waals surface area contributed by atoms with Gasteiger partial charge in [0.2, 0.25) is 0 Å². The maximum Gasteiger partial charge on any atom is 0.312 e. The van der Waals surface area contributed by atoms with Crippen LogP contribution in [0.15, 0.2) is 0 Å². The van der Waals surface area contributed by atoms with Crippen LogP contribution in [0.1, 0.15) is 19.3 Å². The van der Waals surface area contributed by atoms with Crippen molar-refractivity contribution in [2.75, 3.05) is 14.2 Å². The Hall–Kier alpha value is -0.610. The minimum absolute atomic E-state index is 0.177. The Morgan fingerprint density at radius 1 is 1.50 bits per heavy atom. The third-order valence-electron chi connectivity index (χ3n) is 3.71. The molecule has 4 nitrogen and oxygen atoms in total. The molecule has 80 valence electrons. The second kappa shape index (κ2) is 3.51. The Morgan fingerprint density at radius 2 is 2.21 bits per heavy atom. The maximum absolute atomic E-state index is 11.5. The van der Waals surface area contributed by atoms with Gasteiger partial charge in [-0.05, 0) is 26.3 Å². The molecular weight excluding hydrogens is 182 g/mol. The first-order chi connectivity index (χ1) is 6.65. The van der Waals surface area contributed by atoms with Crippen LogP contribution in [0.25, 0.3) is 0 Å². The number of piperidine rings is 1. The van der Waals surface area contributed by atoms with Gasteiger partial charge in [-0.15, -0.1) is 0 Å². The van der Waals surface area contributed by atoms with Gasteiger partial charge in [-0.3, -0.25) is 9.69 Å². The molecule has 14 heavy (non-hydrogen) atoms. The fourth-order valence-electron chi connectivity index (χ4n) is 2.89. The van der Waals surface area contributed by atoms with Crippen LogP contribution in [0.2, 0.25) is 0 Å². The number of fused-ring (bicyclic) bond motifs is 2. The zero-order chi connectivity index (χ0) is 10.3. The molecule has 4 atom stereocenters. The van der Waals surface area contributed by atoms with Gasteiger partial charge < -0.3 is 9.84 Å². The van der Waals surface area contributed by atoms with Gasteiger partial charge >= 0.3 is 5.97 Å². The van der Waals surface area contributed by atoms with E-state index in [1.807, 2.05) is 7.05 Å². The molecule has 2 bridgehead atoms. The van der Waals surface area contributed by atoms with Gasteiger partial charge in [0.15, 0.2) is 0 Å². The lowest BCUT2D eigenvalue weighted by molar-refractivity contribution is -0.155. The molecule has 2 saturated heterocycles. The highest BCUT2D eigenvalue weighted by atomic mass is 16.5. The van der Waals surface area contributed by atoms with E-state index in [1.165, 1.54) is 7.11 Å². The highest BCUT2D eigenvalue weighted by Gasteiger charge is 2.48. The summed E-state index contributed by atoms with van der Waals surface area (Å²) in [5, 5.41) is 9.84. The van der Waals surface area contributed by atoms with E-state index in [4.69, 9.17) is 4.74 Å². The number of ether oxygens (including phenoxy) is 1. The van der Waals surface area contributed by atoms with Crippen molar-refractivity contribution in [1.82, 2.24) is 4.90 Å². The molecular formula is C10H17NO3. The molecule has 2 fully saturated rings. The number of carbonyl (C=O) groups is 1. The Balaban J connectivity index is 2.18. The van der Waals surface area contributed by atoms with Gasteiger partial charge in [0, 0.05) is 12.1 Å². The summed E-state index contributed by atoms with van der Waals surface area (Å²) in [7, 11) is 3.42. The minimum atomic E-state index is -0.517. The summed E-state index contributed by atoms with van der Waals surface area (Å²) in [6.07, 6.45) is 2.27. The van der Waals surface area contributed by atoms with Crippen LogP contribution in [0.3, 0.4) is 0 Å². The number of hydrogen-bond donors (Lipinski definition) is 1. The number of methoxy groups -OCH3 is 1. The van der Waals surface area contributed by atoms with E-state index in [1.54, 1.807) is 0 Å². The molecule has 0 saturated carbocycles. The van der Waals surface area contributed by atoms with E-state index in [0.29, 0.717) is 12.5 Å². The number of nitrogens with zero attached hydrogens (tertiary/aromatic N) is 1. The first-order valence-corrected chi connectivity index (χ1v) is 5.13. The quantitative estimate of drug-likeness (QED) is 0.604. The molecule has 3 unspecified atom stereocenters. The van der Waals surface area contributed by atoms with Crippen molar-refractivity contribution in [3.8, 4) is 0 Å². The van der Waals surface area contributed by atoms with E-state index >= 15 is 0 Å². The number of hydrogen-bond acceptors (Lipinski definition) is 4. The molecule has 0 aromatic carbocycles. The summed E-state index contributed by atoms with van der Waals surface area (Å²) in [4.78, 5) is 13.7. The van der Waals surface area contributed by atoms with Gasteiger partial charge in [0.25, 0.3) is 0 Å². The van der Waals surface area contributed by atoms with E-state index < -0.39 is 6.10 Å². The second-order valence-electron chi connectivity index (χ2n) is 4.32. The van der Waals surface area contributed by atoms with Gasteiger partial charge in [0.1, 0.15) is 0 Å². The lowest BCUT2D eigenvalue weighted by atomic mass is 9.88. The first-order valence-electron chi connectivity index (χ1n) is 5.13. The summed E-state index contributed by atoms with van der Waals surface area (Å²) in [6.45, 7) is 0. The number of aliphatic hydroxyl groups excluding tert-OH is 1. The van der Waals surface area contributed by atoms with Crippen LogP contribution in [-0.4, -0.2) is 48.3 Å². The van der Waals surface area contributed by atoms with Crippen molar-refractivity contribution >= 4 is 5.97 Å². The predicted octanol–water partition coefficient (Wildman–Crippen LogP) is 0.00300. The van der Waals surface area contributed by atoms with Crippen LogP contribution in [-0.2, 0) is 9.53 Å². The van der Waals surface area contributed by atoms with E-state index in [2.05, 4.69) is 4.90 Å². The van der Waals surface area contributed by atoms with Crippen molar-refractivity contribution in [2.24, 2.45) is 5.92 Å². The predicted molar refractivity (Wildman–Crippen MR) is 50.7 cm³/mol. The highest BCUT2D eigenvalue weighted by Crippen LogP contribution is 2.38. The molecule has 0 aliphatic carbocycles. The molecule has 2 heterocycles. The lowest BCUT2D eigenvalue weighted by Crippen LogP contribution is -2.52. The van der Waals surface area contributed by atoms with E-state index in [0.717, 1.165) is 12.8 Å². The summed E-state index contributed by atoms with van der Waals surface area (Å²) in [5.41, 5.74) is 0. The zero-order valence-corrected chi connectivity index (χ0v) is 8.64. The second-order valence-corrected chi connectivity index (χ2v) is 4.32. The molecule has 2 aliphatic rings. The normalized spacial score (nSPS) is 42.5. The number of rotatable bonds is 1. The number of carbonyl (C=O) groups excluding carboxylic acids is 1. The van der Waals surface area contributed by atoms with Gasteiger partial charge in [-0.25, -0.2) is 0 Å². The topological polar surface area (TPSA) is 49.8 Å². The van der Waals surface area contributed by atoms with Crippen LogP contribution in [0, 0.1) is 5.92 Å². The van der Waals surface area contributed by atoms with Gasteiger partial charge in [0.05, 0.1) is 19.1 Å². The van der Waals surface area contributed by atoms with Crippen molar-refractivity contribution < 1.29 is 14.6 Å². The SMILES string of the molecule is COC(=O)C1C(O)C[C@@H]2CCC1N2C. The summed E-state index contributed by atoms with van der Waals surface area (Å²) < 4.78 is 4.73. The third kappa shape index (κ3) is 1.33.